The lowest BCUT2D eigenvalue weighted by Gasteiger charge is -2.35. The monoisotopic (exact) mass is 523 g/mol. The van der Waals surface area contributed by atoms with Gasteiger partial charge in [0.25, 0.3) is 5.91 Å². The number of ether oxygens (including phenoxy) is 1. The lowest BCUT2D eigenvalue weighted by atomic mass is 9.72. The number of amides is 2. The second-order valence-corrected chi connectivity index (χ2v) is 10.3. The molecule has 2 amide bonds. The molecule has 39 heavy (non-hydrogen) atoms. The fraction of sp³-hybridized carbons (Fsp3) is 0.267. The largest absolute Gasteiger partial charge is 0.494 e. The minimum Gasteiger partial charge on any atom is -0.494 e. The normalized spacial score (nSPS) is 22.0. The number of halogens is 1. The van der Waals surface area contributed by atoms with Crippen molar-refractivity contribution in [3.05, 3.63) is 107 Å². The predicted octanol–water partition coefficient (Wildman–Crippen LogP) is 4.27. The number of aromatic nitrogens is 3. The van der Waals surface area contributed by atoms with Gasteiger partial charge >= 0.3 is 0 Å². The molecule has 1 fully saturated rings. The van der Waals surface area contributed by atoms with E-state index >= 15 is 0 Å². The molecular weight excluding hydrogens is 497 g/mol. The highest BCUT2D eigenvalue weighted by molar-refractivity contribution is 6.10. The smallest absolute Gasteiger partial charge is 0.254 e. The maximum absolute atomic E-state index is 14.6. The van der Waals surface area contributed by atoms with Crippen molar-refractivity contribution >= 4 is 17.5 Å². The van der Waals surface area contributed by atoms with Gasteiger partial charge in [-0.25, -0.2) is 4.39 Å². The molecule has 0 saturated carbocycles. The predicted molar refractivity (Wildman–Crippen MR) is 141 cm³/mol. The Labute approximate surface area is 224 Å². The summed E-state index contributed by atoms with van der Waals surface area (Å²) in [6.45, 7) is 1.78. The number of rotatable bonds is 1. The van der Waals surface area contributed by atoms with Gasteiger partial charge in [0.2, 0.25) is 5.91 Å². The molecule has 0 unspecified atom stereocenters. The van der Waals surface area contributed by atoms with E-state index in [0.717, 1.165) is 23.2 Å². The first kappa shape index (κ1) is 23.6. The SMILES string of the molecule is O=C(c1ccc(F)cc1)N1CC[C@@]23C(=O)N(Cc4cn(nn4)CCCOc4cccc(c4)[C@H]12)c1ccccc13. The Morgan fingerprint density at radius 3 is 2.74 bits per heavy atom. The van der Waals surface area contributed by atoms with Crippen LogP contribution in [0.4, 0.5) is 10.1 Å². The Morgan fingerprint density at radius 2 is 1.87 bits per heavy atom. The van der Waals surface area contributed by atoms with E-state index in [4.69, 9.17) is 4.74 Å². The molecule has 8 nitrogen and oxygen atoms in total. The second-order valence-electron chi connectivity index (χ2n) is 10.3. The zero-order valence-corrected chi connectivity index (χ0v) is 21.2. The van der Waals surface area contributed by atoms with Gasteiger partial charge in [-0.05, 0) is 60.0 Å². The van der Waals surface area contributed by atoms with Crippen LogP contribution in [0.1, 0.15) is 46.1 Å². The summed E-state index contributed by atoms with van der Waals surface area (Å²) < 4.78 is 21.5. The standard InChI is InChI=1S/C30H26FN5O3/c31-22-11-9-20(10-12-22)28(37)35-15-13-30-25-7-1-2-8-26(25)36(29(30)38)19-23-18-34(33-32-23)14-4-16-39-24-6-3-5-21(17-24)27(30)35/h1-3,5-12,17-18,27H,4,13-16,19H2/t27-,30-/m0/s1. The van der Waals surface area contributed by atoms with E-state index in [2.05, 4.69) is 10.3 Å². The third-order valence-electron chi connectivity index (χ3n) is 8.06. The molecule has 196 valence electrons. The molecule has 2 atom stereocenters. The van der Waals surface area contributed by atoms with Gasteiger partial charge in [0, 0.05) is 30.8 Å². The zero-order chi connectivity index (χ0) is 26.6. The number of benzene rings is 3. The van der Waals surface area contributed by atoms with Crippen molar-refractivity contribution in [1.29, 1.82) is 0 Å². The number of anilines is 1. The van der Waals surface area contributed by atoms with Crippen molar-refractivity contribution in [2.45, 2.75) is 37.4 Å². The van der Waals surface area contributed by atoms with Gasteiger partial charge in [0.15, 0.2) is 0 Å². The maximum Gasteiger partial charge on any atom is 0.254 e. The Morgan fingerprint density at radius 1 is 1.03 bits per heavy atom. The summed E-state index contributed by atoms with van der Waals surface area (Å²) in [5.41, 5.74) is 2.60. The summed E-state index contributed by atoms with van der Waals surface area (Å²) in [6, 6.07) is 20.5. The minimum absolute atomic E-state index is 0.0705. The molecule has 6 bridgehead atoms. The van der Waals surface area contributed by atoms with Crippen LogP contribution in [-0.4, -0.2) is 44.9 Å². The number of carbonyl (C=O) groups is 2. The van der Waals surface area contributed by atoms with Crippen molar-refractivity contribution in [3.63, 3.8) is 0 Å². The third-order valence-corrected chi connectivity index (χ3v) is 8.06. The van der Waals surface area contributed by atoms with E-state index < -0.39 is 17.3 Å². The summed E-state index contributed by atoms with van der Waals surface area (Å²) in [5, 5.41) is 8.58. The topological polar surface area (TPSA) is 80.6 Å². The maximum atomic E-state index is 14.6. The molecule has 0 radical (unpaired) electrons. The van der Waals surface area contributed by atoms with E-state index in [9.17, 15) is 14.0 Å². The summed E-state index contributed by atoms with van der Waals surface area (Å²) in [6.07, 6.45) is 3.06. The lowest BCUT2D eigenvalue weighted by molar-refractivity contribution is -0.124. The minimum atomic E-state index is -0.999. The molecule has 3 aliphatic heterocycles. The Balaban J connectivity index is 1.41. The Bertz CT molecular complexity index is 1590. The molecule has 1 spiro atoms. The van der Waals surface area contributed by atoms with Crippen LogP contribution in [-0.2, 0) is 23.3 Å². The van der Waals surface area contributed by atoms with Gasteiger partial charge in [0.05, 0.1) is 25.4 Å². The highest BCUT2D eigenvalue weighted by Crippen LogP contribution is 2.57. The van der Waals surface area contributed by atoms with E-state index in [1.54, 1.807) is 14.5 Å². The number of aryl methyl sites for hydroxylation is 1. The van der Waals surface area contributed by atoms with Crippen LogP contribution in [0.25, 0.3) is 0 Å². The third kappa shape index (κ3) is 3.71. The van der Waals surface area contributed by atoms with E-state index in [1.165, 1.54) is 24.3 Å². The first-order valence-corrected chi connectivity index (χ1v) is 13.1. The average molecular weight is 524 g/mol. The fourth-order valence-corrected chi connectivity index (χ4v) is 6.36. The molecule has 3 aromatic carbocycles. The highest BCUT2D eigenvalue weighted by Gasteiger charge is 2.61. The molecule has 1 aromatic heterocycles. The van der Waals surface area contributed by atoms with Crippen LogP contribution < -0.4 is 9.64 Å². The van der Waals surface area contributed by atoms with E-state index in [1.807, 2.05) is 54.7 Å². The van der Waals surface area contributed by atoms with Crippen molar-refractivity contribution < 1.29 is 18.7 Å². The molecule has 7 rings (SSSR count). The van der Waals surface area contributed by atoms with Crippen molar-refractivity contribution in [2.75, 3.05) is 18.1 Å². The Hall–Kier alpha value is -4.53. The number of fused-ring (bicyclic) bond motifs is 8. The van der Waals surface area contributed by atoms with E-state index in [-0.39, 0.29) is 18.4 Å². The summed E-state index contributed by atoms with van der Waals surface area (Å²) in [4.78, 5) is 32.1. The van der Waals surface area contributed by atoms with Gasteiger partial charge in [0.1, 0.15) is 22.7 Å². The van der Waals surface area contributed by atoms with Crippen LogP contribution in [0.2, 0.25) is 0 Å². The van der Waals surface area contributed by atoms with Crippen LogP contribution in [0.5, 0.6) is 5.75 Å². The molecular formula is C30H26FN5O3. The number of carbonyl (C=O) groups excluding carboxylic acids is 2. The van der Waals surface area contributed by atoms with Gasteiger partial charge in [-0.3, -0.25) is 14.3 Å². The average Bonchev–Trinajstić information content (AvgIpc) is 3.64. The summed E-state index contributed by atoms with van der Waals surface area (Å²) in [7, 11) is 0. The van der Waals surface area contributed by atoms with Gasteiger partial charge in [-0.2, -0.15) is 0 Å². The van der Waals surface area contributed by atoms with E-state index in [0.29, 0.717) is 43.1 Å². The number of nitrogens with zero attached hydrogens (tertiary/aromatic N) is 5. The number of likely N-dealkylation sites (tertiary alicyclic amines) is 1. The first-order valence-electron chi connectivity index (χ1n) is 13.1. The number of hydrogen-bond donors (Lipinski definition) is 0. The van der Waals surface area contributed by atoms with Crippen molar-refractivity contribution in [1.82, 2.24) is 19.9 Å². The molecule has 4 aromatic rings. The lowest BCUT2D eigenvalue weighted by Crippen LogP contribution is -2.45. The first-order chi connectivity index (χ1) is 19.0. The summed E-state index contributed by atoms with van der Waals surface area (Å²) in [5.74, 6) is -0.0456. The molecule has 0 N–H and O–H groups in total. The van der Waals surface area contributed by atoms with Crippen LogP contribution in [0, 0.1) is 5.82 Å². The molecule has 3 aliphatic rings. The molecule has 9 heteroatoms. The zero-order valence-electron chi connectivity index (χ0n) is 21.2. The van der Waals surface area contributed by atoms with Gasteiger partial charge < -0.3 is 14.5 Å². The number of para-hydroxylation sites is 1. The molecule has 1 saturated heterocycles. The van der Waals surface area contributed by atoms with Crippen molar-refractivity contribution in [2.24, 2.45) is 0 Å². The van der Waals surface area contributed by atoms with Gasteiger partial charge in [-0.15, -0.1) is 5.10 Å². The quantitative estimate of drug-likeness (QED) is 0.372. The second kappa shape index (κ2) is 9.04. The number of hydrogen-bond acceptors (Lipinski definition) is 5. The Kier molecular flexibility index (Phi) is 5.47. The molecule has 4 heterocycles. The van der Waals surface area contributed by atoms with Crippen LogP contribution >= 0.6 is 0 Å². The highest BCUT2D eigenvalue weighted by atomic mass is 19.1. The van der Waals surface area contributed by atoms with Crippen molar-refractivity contribution in [3.8, 4) is 5.75 Å². The van der Waals surface area contributed by atoms with Gasteiger partial charge in [-0.1, -0.05) is 35.5 Å². The van der Waals surface area contributed by atoms with Crippen LogP contribution in [0.15, 0.2) is 79.0 Å². The van der Waals surface area contributed by atoms with Crippen LogP contribution in [0.3, 0.4) is 0 Å². The fourth-order valence-electron chi connectivity index (χ4n) is 6.36. The summed E-state index contributed by atoms with van der Waals surface area (Å²) >= 11 is 0. The molecule has 0 aliphatic carbocycles.